The second-order valence-corrected chi connectivity index (χ2v) is 5.28. The zero-order chi connectivity index (χ0) is 13.4. The number of hydrogen-bond acceptors (Lipinski definition) is 4. The summed E-state index contributed by atoms with van der Waals surface area (Å²) in [6, 6.07) is 6.94. The number of aromatic carboxylic acids is 1. The van der Waals surface area contributed by atoms with E-state index >= 15 is 0 Å². The lowest BCUT2D eigenvalue weighted by Crippen LogP contribution is -2.01. The molecule has 3 rings (SSSR count). The van der Waals surface area contributed by atoms with Crippen LogP contribution in [0.1, 0.15) is 20.8 Å². The maximum absolute atomic E-state index is 10.9. The van der Waals surface area contributed by atoms with E-state index in [2.05, 4.69) is 23.3 Å². The molecule has 6 heteroatoms. The fourth-order valence-electron chi connectivity index (χ4n) is 1.92. The standard InChI is InChI=1S/C13H11N3O2S/c1-8-4-5-19-12(8)7-16-11-3-2-9(13(17)18)6-10(11)14-15-16/h2-6H,7H2,1H3,(H,17,18). The summed E-state index contributed by atoms with van der Waals surface area (Å²) < 4.78 is 1.79. The highest BCUT2D eigenvalue weighted by Gasteiger charge is 2.10. The monoisotopic (exact) mass is 273 g/mol. The van der Waals surface area contributed by atoms with Crippen LogP contribution in [0.15, 0.2) is 29.6 Å². The SMILES string of the molecule is Cc1ccsc1Cn1nnc2cc(C(=O)O)ccc21. The highest BCUT2D eigenvalue weighted by molar-refractivity contribution is 7.10. The van der Waals surface area contributed by atoms with Crippen LogP contribution in [-0.2, 0) is 6.54 Å². The molecule has 96 valence electrons. The van der Waals surface area contributed by atoms with Gasteiger partial charge < -0.3 is 5.11 Å². The maximum Gasteiger partial charge on any atom is 0.335 e. The lowest BCUT2D eigenvalue weighted by atomic mass is 10.2. The van der Waals surface area contributed by atoms with E-state index in [9.17, 15) is 4.79 Å². The minimum atomic E-state index is -0.953. The van der Waals surface area contributed by atoms with Gasteiger partial charge in [-0.3, -0.25) is 0 Å². The molecule has 3 aromatic rings. The van der Waals surface area contributed by atoms with E-state index in [1.165, 1.54) is 10.4 Å². The highest BCUT2D eigenvalue weighted by Crippen LogP contribution is 2.19. The number of nitrogens with zero attached hydrogens (tertiary/aromatic N) is 3. The van der Waals surface area contributed by atoms with Gasteiger partial charge in [0.05, 0.1) is 17.6 Å². The van der Waals surface area contributed by atoms with Crippen molar-refractivity contribution in [3.63, 3.8) is 0 Å². The van der Waals surface area contributed by atoms with E-state index in [1.54, 1.807) is 34.2 Å². The fourth-order valence-corrected chi connectivity index (χ4v) is 2.81. The number of aryl methyl sites for hydroxylation is 1. The number of carbonyl (C=O) groups is 1. The molecule has 0 aliphatic rings. The van der Waals surface area contributed by atoms with Gasteiger partial charge in [-0.1, -0.05) is 5.21 Å². The van der Waals surface area contributed by atoms with Crippen LogP contribution in [0, 0.1) is 6.92 Å². The Balaban J connectivity index is 2.02. The number of thiophene rings is 1. The van der Waals surface area contributed by atoms with Gasteiger partial charge in [0, 0.05) is 4.88 Å². The maximum atomic E-state index is 10.9. The number of aromatic nitrogens is 3. The highest BCUT2D eigenvalue weighted by atomic mass is 32.1. The first-order valence-electron chi connectivity index (χ1n) is 5.74. The van der Waals surface area contributed by atoms with E-state index in [4.69, 9.17) is 5.11 Å². The lowest BCUT2D eigenvalue weighted by Gasteiger charge is -2.01. The number of carboxylic acids is 1. The summed E-state index contributed by atoms with van der Waals surface area (Å²) in [7, 11) is 0. The molecule has 0 bridgehead atoms. The average molecular weight is 273 g/mol. The molecular formula is C13H11N3O2S. The summed E-state index contributed by atoms with van der Waals surface area (Å²) in [5.74, 6) is -0.953. The van der Waals surface area contributed by atoms with Crippen LogP contribution in [0.3, 0.4) is 0 Å². The minimum Gasteiger partial charge on any atom is -0.478 e. The molecule has 0 saturated heterocycles. The second kappa shape index (κ2) is 4.47. The lowest BCUT2D eigenvalue weighted by molar-refractivity contribution is 0.0697. The van der Waals surface area contributed by atoms with Gasteiger partial charge >= 0.3 is 5.97 Å². The number of hydrogen-bond donors (Lipinski definition) is 1. The van der Waals surface area contributed by atoms with Crippen LogP contribution in [0.2, 0.25) is 0 Å². The summed E-state index contributed by atoms with van der Waals surface area (Å²) in [5.41, 5.74) is 2.91. The van der Waals surface area contributed by atoms with Gasteiger partial charge in [0.2, 0.25) is 0 Å². The first-order chi connectivity index (χ1) is 9.15. The van der Waals surface area contributed by atoms with Crippen LogP contribution in [-0.4, -0.2) is 26.1 Å². The zero-order valence-electron chi connectivity index (χ0n) is 10.2. The number of fused-ring (bicyclic) bond motifs is 1. The van der Waals surface area contributed by atoms with Gasteiger partial charge in [-0.05, 0) is 42.1 Å². The number of carboxylic acid groups (broad SMARTS) is 1. The second-order valence-electron chi connectivity index (χ2n) is 4.28. The van der Waals surface area contributed by atoms with Gasteiger partial charge in [0.25, 0.3) is 0 Å². The summed E-state index contributed by atoms with van der Waals surface area (Å²) in [4.78, 5) is 12.1. The topological polar surface area (TPSA) is 68.0 Å². The Labute approximate surface area is 113 Å². The van der Waals surface area contributed by atoms with Crippen LogP contribution in [0.25, 0.3) is 11.0 Å². The molecule has 0 unspecified atom stereocenters. The summed E-state index contributed by atoms with van der Waals surface area (Å²) in [6.45, 7) is 2.72. The van der Waals surface area contributed by atoms with Crippen molar-refractivity contribution in [3.8, 4) is 0 Å². The molecule has 0 amide bonds. The van der Waals surface area contributed by atoms with Crippen molar-refractivity contribution in [2.45, 2.75) is 13.5 Å². The molecule has 0 aliphatic carbocycles. The molecular weight excluding hydrogens is 262 g/mol. The van der Waals surface area contributed by atoms with Crippen molar-refractivity contribution < 1.29 is 9.90 Å². The Morgan fingerprint density at radius 1 is 1.42 bits per heavy atom. The summed E-state index contributed by atoms with van der Waals surface area (Å²) in [6.07, 6.45) is 0. The summed E-state index contributed by atoms with van der Waals surface area (Å²) >= 11 is 1.68. The van der Waals surface area contributed by atoms with Crippen LogP contribution < -0.4 is 0 Å². The average Bonchev–Trinajstić information content (AvgIpc) is 2.97. The Hall–Kier alpha value is -2.21. The number of benzene rings is 1. The van der Waals surface area contributed by atoms with Gasteiger partial charge in [-0.2, -0.15) is 0 Å². The molecule has 0 aliphatic heterocycles. The molecule has 5 nitrogen and oxygen atoms in total. The van der Waals surface area contributed by atoms with Crippen molar-refractivity contribution in [1.29, 1.82) is 0 Å². The van der Waals surface area contributed by atoms with E-state index in [1.807, 2.05) is 5.38 Å². The van der Waals surface area contributed by atoms with Crippen LogP contribution in [0.5, 0.6) is 0 Å². The van der Waals surface area contributed by atoms with E-state index in [-0.39, 0.29) is 5.56 Å². The van der Waals surface area contributed by atoms with Gasteiger partial charge in [0.1, 0.15) is 5.52 Å². The van der Waals surface area contributed by atoms with Crippen molar-refractivity contribution >= 4 is 28.3 Å². The van der Waals surface area contributed by atoms with Gasteiger partial charge in [0.15, 0.2) is 0 Å². The third kappa shape index (κ3) is 2.10. The molecule has 0 radical (unpaired) electrons. The third-order valence-corrected chi connectivity index (χ3v) is 4.03. The minimum absolute atomic E-state index is 0.229. The zero-order valence-corrected chi connectivity index (χ0v) is 11.0. The van der Waals surface area contributed by atoms with E-state index in [0.717, 1.165) is 5.52 Å². The predicted molar refractivity (Wildman–Crippen MR) is 72.6 cm³/mol. The van der Waals surface area contributed by atoms with Crippen molar-refractivity contribution in [3.05, 3.63) is 45.6 Å². The molecule has 0 saturated carbocycles. The van der Waals surface area contributed by atoms with Crippen molar-refractivity contribution in [1.82, 2.24) is 15.0 Å². The smallest absolute Gasteiger partial charge is 0.335 e. The molecule has 0 spiro atoms. The molecule has 19 heavy (non-hydrogen) atoms. The first-order valence-corrected chi connectivity index (χ1v) is 6.62. The molecule has 1 aromatic carbocycles. The molecule has 1 N–H and O–H groups in total. The van der Waals surface area contributed by atoms with Crippen molar-refractivity contribution in [2.75, 3.05) is 0 Å². The summed E-state index contributed by atoms with van der Waals surface area (Å²) in [5, 5.41) is 19.1. The predicted octanol–water partition coefficient (Wildman–Crippen LogP) is 2.55. The van der Waals surface area contributed by atoms with Gasteiger partial charge in [-0.25, -0.2) is 9.48 Å². The molecule has 0 fully saturated rings. The molecule has 2 aromatic heterocycles. The Morgan fingerprint density at radius 2 is 2.26 bits per heavy atom. The fraction of sp³-hybridized carbons (Fsp3) is 0.154. The van der Waals surface area contributed by atoms with Crippen LogP contribution in [0.4, 0.5) is 0 Å². The van der Waals surface area contributed by atoms with Gasteiger partial charge in [-0.15, -0.1) is 16.4 Å². The van der Waals surface area contributed by atoms with Crippen molar-refractivity contribution in [2.24, 2.45) is 0 Å². The normalized spacial score (nSPS) is 11.0. The Bertz CT molecular complexity index is 760. The molecule has 2 heterocycles. The first kappa shape index (κ1) is 11.9. The molecule has 0 atom stereocenters. The van der Waals surface area contributed by atoms with E-state index < -0.39 is 5.97 Å². The quantitative estimate of drug-likeness (QED) is 0.796. The largest absolute Gasteiger partial charge is 0.478 e. The Kier molecular flexibility index (Phi) is 2.79. The Morgan fingerprint density at radius 3 is 2.95 bits per heavy atom. The van der Waals surface area contributed by atoms with E-state index in [0.29, 0.717) is 12.1 Å². The number of rotatable bonds is 3. The third-order valence-electron chi connectivity index (χ3n) is 3.02. The van der Waals surface area contributed by atoms with Crippen LogP contribution >= 0.6 is 11.3 Å².